The molecule has 1 aromatic heterocycles. The van der Waals surface area contributed by atoms with Crippen LogP contribution >= 0.6 is 0 Å². The third kappa shape index (κ3) is 4.72. The molecule has 1 heterocycles. The zero-order chi connectivity index (χ0) is 22.4. The van der Waals surface area contributed by atoms with Gasteiger partial charge in [-0.3, -0.25) is 5.10 Å². The number of nitrogens with one attached hydrogen (secondary N) is 2. The number of aromatic amines is 1. The summed E-state index contributed by atoms with van der Waals surface area (Å²) < 4.78 is 46.2. The van der Waals surface area contributed by atoms with Crippen LogP contribution in [0.5, 0.6) is 23.0 Å². The molecule has 0 atom stereocenters. The molecule has 164 valence electrons. The van der Waals surface area contributed by atoms with Gasteiger partial charge in [-0.2, -0.15) is 23.4 Å². The predicted molar refractivity (Wildman–Crippen MR) is 115 cm³/mol. The lowest BCUT2D eigenvalue weighted by Gasteiger charge is -2.10. The highest BCUT2D eigenvalue weighted by atomic mass is 32.2. The quantitative estimate of drug-likeness (QED) is 0.382. The van der Waals surface area contributed by atoms with E-state index in [1.165, 1.54) is 38.8 Å². The normalized spacial score (nSPS) is 11.4. The van der Waals surface area contributed by atoms with Gasteiger partial charge in [0.2, 0.25) is 0 Å². The SMILES string of the molecule is COc1ccc(OC)c(S(=O)(=O)NN=Cc2cn[nH]c2-c2ccc(OC)c(OC)c2)c1. The molecule has 0 spiro atoms. The van der Waals surface area contributed by atoms with Gasteiger partial charge in [0, 0.05) is 17.2 Å². The second kappa shape index (κ2) is 9.39. The second-order valence-corrected chi connectivity index (χ2v) is 7.77. The molecule has 0 saturated carbocycles. The van der Waals surface area contributed by atoms with Crippen LogP contribution in [-0.4, -0.2) is 53.3 Å². The Bertz CT molecular complexity index is 1190. The summed E-state index contributed by atoms with van der Waals surface area (Å²) in [6, 6.07) is 9.80. The van der Waals surface area contributed by atoms with Gasteiger partial charge in [0.05, 0.1) is 46.5 Å². The molecular formula is C20H22N4O6S. The molecule has 31 heavy (non-hydrogen) atoms. The Morgan fingerprint density at radius 1 is 0.935 bits per heavy atom. The van der Waals surface area contributed by atoms with E-state index >= 15 is 0 Å². The van der Waals surface area contributed by atoms with Crippen molar-refractivity contribution in [1.29, 1.82) is 0 Å². The highest BCUT2D eigenvalue weighted by Gasteiger charge is 2.20. The van der Waals surface area contributed by atoms with Crippen LogP contribution in [0.4, 0.5) is 0 Å². The van der Waals surface area contributed by atoms with Crippen molar-refractivity contribution in [2.45, 2.75) is 4.90 Å². The van der Waals surface area contributed by atoms with Crippen LogP contribution in [0.3, 0.4) is 0 Å². The van der Waals surface area contributed by atoms with Crippen LogP contribution in [0, 0.1) is 0 Å². The van der Waals surface area contributed by atoms with E-state index < -0.39 is 10.0 Å². The molecule has 0 amide bonds. The Morgan fingerprint density at radius 3 is 2.32 bits per heavy atom. The van der Waals surface area contributed by atoms with E-state index in [2.05, 4.69) is 20.1 Å². The highest BCUT2D eigenvalue weighted by molar-refractivity contribution is 7.89. The van der Waals surface area contributed by atoms with Crippen LogP contribution in [0.2, 0.25) is 0 Å². The van der Waals surface area contributed by atoms with E-state index in [1.54, 1.807) is 32.4 Å². The molecule has 0 aliphatic rings. The van der Waals surface area contributed by atoms with Gasteiger partial charge in [-0.25, -0.2) is 0 Å². The largest absolute Gasteiger partial charge is 0.497 e. The molecule has 10 nitrogen and oxygen atoms in total. The number of rotatable bonds is 9. The van der Waals surface area contributed by atoms with Crippen molar-refractivity contribution in [1.82, 2.24) is 15.0 Å². The van der Waals surface area contributed by atoms with Crippen LogP contribution in [-0.2, 0) is 10.0 Å². The summed E-state index contributed by atoms with van der Waals surface area (Å²) in [5.41, 5.74) is 1.95. The van der Waals surface area contributed by atoms with Crippen LogP contribution in [0.25, 0.3) is 11.3 Å². The minimum Gasteiger partial charge on any atom is -0.497 e. The Morgan fingerprint density at radius 2 is 1.65 bits per heavy atom. The van der Waals surface area contributed by atoms with Gasteiger partial charge < -0.3 is 18.9 Å². The van der Waals surface area contributed by atoms with Gasteiger partial charge in [-0.05, 0) is 30.3 Å². The van der Waals surface area contributed by atoms with Gasteiger partial charge >= 0.3 is 0 Å². The molecular weight excluding hydrogens is 424 g/mol. The van der Waals surface area contributed by atoms with E-state index in [0.29, 0.717) is 28.5 Å². The van der Waals surface area contributed by atoms with Gasteiger partial charge in [-0.1, -0.05) is 0 Å². The van der Waals surface area contributed by atoms with E-state index in [9.17, 15) is 8.42 Å². The van der Waals surface area contributed by atoms with E-state index in [1.807, 2.05) is 6.07 Å². The van der Waals surface area contributed by atoms with E-state index in [0.717, 1.165) is 5.56 Å². The third-order valence-electron chi connectivity index (χ3n) is 4.38. The Balaban J connectivity index is 1.86. The van der Waals surface area contributed by atoms with Crippen molar-refractivity contribution >= 4 is 16.2 Å². The fourth-order valence-electron chi connectivity index (χ4n) is 2.82. The van der Waals surface area contributed by atoms with E-state index in [-0.39, 0.29) is 10.6 Å². The molecule has 0 radical (unpaired) electrons. The van der Waals surface area contributed by atoms with E-state index in [4.69, 9.17) is 18.9 Å². The van der Waals surface area contributed by atoms with Crippen molar-refractivity contribution in [2.75, 3.05) is 28.4 Å². The molecule has 3 aromatic rings. The molecule has 2 N–H and O–H groups in total. The van der Waals surface area contributed by atoms with Crippen molar-refractivity contribution in [2.24, 2.45) is 5.10 Å². The minimum atomic E-state index is -4.01. The fourth-order valence-corrected chi connectivity index (χ4v) is 3.80. The fraction of sp³-hybridized carbons (Fsp3) is 0.200. The van der Waals surface area contributed by atoms with Crippen LogP contribution < -0.4 is 23.8 Å². The number of nitrogens with zero attached hydrogens (tertiary/aromatic N) is 2. The Kier molecular flexibility index (Phi) is 6.65. The summed E-state index contributed by atoms with van der Waals surface area (Å²) >= 11 is 0. The summed E-state index contributed by atoms with van der Waals surface area (Å²) in [6.07, 6.45) is 2.87. The lowest BCUT2D eigenvalue weighted by molar-refractivity contribution is 0.355. The number of hydrogen-bond acceptors (Lipinski definition) is 8. The first-order chi connectivity index (χ1) is 14.9. The smallest absolute Gasteiger partial charge is 0.280 e. The number of aromatic nitrogens is 2. The van der Waals surface area contributed by atoms with Gasteiger partial charge in [0.1, 0.15) is 16.4 Å². The first kappa shape index (κ1) is 22.0. The summed E-state index contributed by atoms with van der Waals surface area (Å²) in [7, 11) is 1.91. The minimum absolute atomic E-state index is 0.0983. The number of hydrogen-bond donors (Lipinski definition) is 2. The monoisotopic (exact) mass is 446 g/mol. The van der Waals surface area contributed by atoms with Crippen molar-refractivity contribution in [3.8, 4) is 34.3 Å². The average molecular weight is 446 g/mol. The maximum absolute atomic E-state index is 12.7. The van der Waals surface area contributed by atoms with Crippen LogP contribution in [0.1, 0.15) is 5.56 Å². The first-order valence-corrected chi connectivity index (χ1v) is 10.4. The van der Waals surface area contributed by atoms with Gasteiger partial charge in [0.25, 0.3) is 10.0 Å². The number of hydrazone groups is 1. The molecule has 0 fully saturated rings. The first-order valence-electron chi connectivity index (χ1n) is 8.96. The summed E-state index contributed by atoms with van der Waals surface area (Å²) in [6.45, 7) is 0. The maximum Gasteiger partial charge on any atom is 0.280 e. The van der Waals surface area contributed by atoms with Crippen LogP contribution in [0.15, 0.2) is 52.6 Å². The molecule has 0 aliphatic carbocycles. The second-order valence-electron chi connectivity index (χ2n) is 6.14. The third-order valence-corrected chi connectivity index (χ3v) is 5.62. The molecule has 2 aromatic carbocycles. The number of H-pyrrole nitrogens is 1. The number of sulfonamides is 1. The Labute approximate surface area is 179 Å². The number of ether oxygens (including phenoxy) is 4. The standard InChI is InChI=1S/C20H22N4O6S/c1-27-15-6-8-17(29-3)19(10-15)31(25,26)24-22-12-14-11-21-23-20(14)13-5-7-16(28-2)18(9-13)30-4/h5-12,24H,1-4H3,(H,21,23). The molecule has 0 aliphatic heterocycles. The number of methoxy groups -OCH3 is 4. The van der Waals surface area contributed by atoms with Crippen molar-refractivity contribution in [3.63, 3.8) is 0 Å². The molecule has 0 unspecified atom stereocenters. The maximum atomic E-state index is 12.7. The average Bonchev–Trinajstić information content (AvgIpc) is 3.26. The van der Waals surface area contributed by atoms with Gasteiger partial charge in [0.15, 0.2) is 11.5 Å². The molecule has 11 heteroatoms. The summed E-state index contributed by atoms with van der Waals surface area (Å²) in [5.74, 6) is 1.66. The molecule has 3 rings (SSSR count). The topological polar surface area (TPSA) is 124 Å². The molecule has 0 saturated heterocycles. The summed E-state index contributed by atoms with van der Waals surface area (Å²) in [5, 5.41) is 10.8. The Hall–Kier alpha value is -3.73. The lowest BCUT2D eigenvalue weighted by atomic mass is 10.1. The van der Waals surface area contributed by atoms with Crippen molar-refractivity contribution < 1.29 is 27.4 Å². The van der Waals surface area contributed by atoms with Crippen molar-refractivity contribution in [3.05, 3.63) is 48.2 Å². The number of benzene rings is 2. The zero-order valence-corrected chi connectivity index (χ0v) is 18.2. The molecule has 0 bridgehead atoms. The summed E-state index contributed by atoms with van der Waals surface area (Å²) in [4.78, 5) is 2.08. The highest BCUT2D eigenvalue weighted by Crippen LogP contribution is 2.32. The van der Waals surface area contributed by atoms with Gasteiger partial charge in [-0.15, -0.1) is 0 Å². The predicted octanol–water partition coefficient (Wildman–Crippen LogP) is 2.42. The lowest BCUT2D eigenvalue weighted by Crippen LogP contribution is -2.19. The zero-order valence-electron chi connectivity index (χ0n) is 17.4.